The van der Waals surface area contributed by atoms with Crippen LogP contribution in [0, 0.1) is 17.7 Å². The van der Waals surface area contributed by atoms with Crippen LogP contribution < -0.4 is 5.73 Å². The van der Waals surface area contributed by atoms with E-state index < -0.39 is 5.82 Å². The average Bonchev–Trinajstić information content (AvgIpc) is 2.36. The highest BCUT2D eigenvalue weighted by Gasteiger charge is 2.15. The van der Waals surface area contributed by atoms with E-state index in [1.165, 1.54) is 18.2 Å². The Balaban J connectivity index is 3.12. The lowest BCUT2D eigenvalue weighted by atomic mass is 10.1. The van der Waals surface area contributed by atoms with Gasteiger partial charge in [0.05, 0.1) is 12.1 Å². The number of benzene rings is 1. The quantitative estimate of drug-likeness (QED) is 0.826. The number of carbonyl (C=O) groups is 1. The van der Waals surface area contributed by atoms with Crippen LogP contribution in [-0.4, -0.2) is 30.9 Å². The molecule has 3 nitrogen and oxygen atoms in total. The van der Waals surface area contributed by atoms with Crippen LogP contribution in [0.25, 0.3) is 0 Å². The van der Waals surface area contributed by atoms with Gasteiger partial charge >= 0.3 is 0 Å². The van der Waals surface area contributed by atoms with Gasteiger partial charge in [-0.05, 0) is 24.6 Å². The third-order valence-electron chi connectivity index (χ3n) is 2.44. The van der Waals surface area contributed by atoms with Crippen molar-refractivity contribution in [2.45, 2.75) is 13.3 Å². The van der Waals surface area contributed by atoms with E-state index in [0.29, 0.717) is 12.1 Å². The molecule has 1 rings (SSSR count). The van der Waals surface area contributed by atoms with Gasteiger partial charge in [-0.3, -0.25) is 4.79 Å². The molecule has 2 N–H and O–H groups in total. The van der Waals surface area contributed by atoms with Crippen LogP contribution in [0.3, 0.4) is 0 Å². The summed E-state index contributed by atoms with van der Waals surface area (Å²) in [4.78, 5) is 13.7. The van der Waals surface area contributed by atoms with Crippen molar-refractivity contribution in [2.75, 3.05) is 20.1 Å². The first-order chi connectivity index (χ1) is 8.60. The molecule has 0 saturated carbocycles. The summed E-state index contributed by atoms with van der Waals surface area (Å²) < 4.78 is 13.2. The number of nitrogens with zero attached hydrogens (tertiary/aromatic N) is 1. The minimum absolute atomic E-state index is 0.204. The molecule has 1 aromatic rings. The minimum atomic E-state index is -0.443. The van der Waals surface area contributed by atoms with Crippen molar-refractivity contribution in [2.24, 2.45) is 5.73 Å². The van der Waals surface area contributed by atoms with E-state index in [0.717, 1.165) is 6.42 Å². The van der Waals surface area contributed by atoms with Gasteiger partial charge in [-0.15, -0.1) is 0 Å². The average molecular weight is 248 g/mol. The van der Waals surface area contributed by atoms with E-state index in [9.17, 15) is 9.18 Å². The molecule has 0 aliphatic carbocycles. The Hall–Kier alpha value is -1.86. The van der Waals surface area contributed by atoms with E-state index in [-0.39, 0.29) is 18.0 Å². The molecule has 0 bridgehead atoms. The zero-order valence-electron chi connectivity index (χ0n) is 10.7. The summed E-state index contributed by atoms with van der Waals surface area (Å²) in [5.74, 6) is 4.80. The second-order valence-corrected chi connectivity index (χ2v) is 3.92. The smallest absolute Gasteiger partial charge is 0.254 e. The lowest BCUT2D eigenvalue weighted by Crippen LogP contribution is -2.28. The molecule has 0 aliphatic rings. The highest BCUT2D eigenvalue weighted by atomic mass is 19.1. The molecule has 4 heteroatoms. The fraction of sp³-hybridized carbons (Fsp3) is 0.357. The third kappa shape index (κ3) is 3.57. The molecule has 0 radical (unpaired) electrons. The Morgan fingerprint density at radius 3 is 2.83 bits per heavy atom. The van der Waals surface area contributed by atoms with Crippen LogP contribution in [0.5, 0.6) is 0 Å². The van der Waals surface area contributed by atoms with Crippen molar-refractivity contribution in [3.63, 3.8) is 0 Å². The summed E-state index contributed by atoms with van der Waals surface area (Å²) in [7, 11) is 1.69. The zero-order chi connectivity index (χ0) is 13.5. The van der Waals surface area contributed by atoms with Crippen LogP contribution in [0.15, 0.2) is 18.2 Å². The van der Waals surface area contributed by atoms with Gasteiger partial charge in [0.1, 0.15) is 5.82 Å². The number of rotatable bonds is 3. The van der Waals surface area contributed by atoms with Crippen molar-refractivity contribution >= 4 is 5.91 Å². The number of hydrogen-bond donors (Lipinski definition) is 1. The van der Waals surface area contributed by atoms with Crippen molar-refractivity contribution < 1.29 is 9.18 Å². The predicted octanol–water partition coefficient (Wildman–Crippen LogP) is 1.62. The molecule has 0 unspecified atom stereocenters. The van der Waals surface area contributed by atoms with E-state index in [1.54, 1.807) is 11.9 Å². The topological polar surface area (TPSA) is 46.3 Å². The summed E-state index contributed by atoms with van der Waals surface area (Å²) in [5, 5.41) is 0. The first kappa shape index (κ1) is 14.2. The lowest BCUT2D eigenvalue weighted by Gasteiger charge is -2.17. The fourth-order valence-corrected chi connectivity index (χ4v) is 1.59. The van der Waals surface area contributed by atoms with Crippen molar-refractivity contribution in [3.05, 3.63) is 35.1 Å². The van der Waals surface area contributed by atoms with Crippen LogP contribution in [0.2, 0.25) is 0 Å². The molecule has 0 fully saturated rings. The number of carbonyl (C=O) groups excluding carboxylic acids is 1. The molecule has 18 heavy (non-hydrogen) atoms. The minimum Gasteiger partial charge on any atom is -0.342 e. The molecule has 0 atom stereocenters. The van der Waals surface area contributed by atoms with E-state index in [2.05, 4.69) is 11.8 Å². The zero-order valence-corrected chi connectivity index (χ0v) is 10.7. The Labute approximate surface area is 107 Å². The molecule has 0 saturated heterocycles. The van der Waals surface area contributed by atoms with Gasteiger partial charge in [0.2, 0.25) is 0 Å². The monoisotopic (exact) mass is 248 g/mol. The molecular formula is C14H17FN2O. The molecule has 96 valence electrons. The van der Waals surface area contributed by atoms with Crippen molar-refractivity contribution in [3.8, 4) is 11.8 Å². The van der Waals surface area contributed by atoms with Gasteiger partial charge in [-0.25, -0.2) is 4.39 Å². The maximum atomic E-state index is 13.2. The van der Waals surface area contributed by atoms with Gasteiger partial charge in [-0.2, -0.15) is 0 Å². The van der Waals surface area contributed by atoms with Gasteiger partial charge in [0, 0.05) is 19.2 Å². The van der Waals surface area contributed by atoms with E-state index in [1.807, 2.05) is 6.92 Å². The molecule has 0 heterocycles. The number of halogens is 1. The van der Waals surface area contributed by atoms with Crippen molar-refractivity contribution in [1.29, 1.82) is 0 Å². The molecule has 1 aromatic carbocycles. The maximum absolute atomic E-state index is 13.2. The summed E-state index contributed by atoms with van der Waals surface area (Å²) in [6.45, 7) is 2.80. The Kier molecular flexibility index (Phi) is 5.34. The molecule has 0 spiro atoms. The van der Waals surface area contributed by atoms with E-state index >= 15 is 0 Å². The third-order valence-corrected chi connectivity index (χ3v) is 2.44. The largest absolute Gasteiger partial charge is 0.342 e. The Morgan fingerprint density at radius 2 is 2.22 bits per heavy atom. The van der Waals surface area contributed by atoms with Crippen LogP contribution in [0.4, 0.5) is 4.39 Å². The van der Waals surface area contributed by atoms with Crippen LogP contribution in [0.1, 0.15) is 29.3 Å². The highest BCUT2D eigenvalue weighted by molar-refractivity contribution is 5.96. The van der Waals surface area contributed by atoms with Crippen LogP contribution in [-0.2, 0) is 0 Å². The van der Waals surface area contributed by atoms with Gasteiger partial charge in [0.15, 0.2) is 0 Å². The molecule has 1 amide bonds. The second kappa shape index (κ2) is 6.77. The SMILES string of the molecule is CCCN(C)C(=O)c1cc(F)ccc1C#CCN. The number of nitrogens with two attached hydrogens (primary N) is 1. The normalized spacial score (nSPS) is 9.56. The summed E-state index contributed by atoms with van der Waals surface area (Å²) >= 11 is 0. The molecule has 0 aromatic heterocycles. The molecular weight excluding hydrogens is 231 g/mol. The fourth-order valence-electron chi connectivity index (χ4n) is 1.59. The summed E-state index contributed by atoms with van der Waals surface area (Å²) in [6, 6.07) is 4.01. The van der Waals surface area contributed by atoms with Gasteiger partial charge < -0.3 is 10.6 Å². The first-order valence-electron chi connectivity index (χ1n) is 5.84. The molecule has 0 aliphatic heterocycles. The highest BCUT2D eigenvalue weighted by Crippen LogP contribution is 2.13. The summed E-state index contributed by atoms with van der Waals surface area (Å²) in [6.07, 6.45) is 0.849. The standard InChI is InChI=1S/C14H17FN2O/c1-3-9-17(2)14(18)13-10-12(15)7-6-11(13)5-4-8-16/h6-7,10H,3,8-9,16H2,1-2H3. The first-order valence-corrected chi connectivity index (χ1v) is 5.84. The van der Waals surface area contributed by atoms with E-state index in [4.69, 9.17) is 5.73 Å². The van der Waals surface area contributed by atoms with Crippen molar-refractivity contribution in [1.82, 2.24) is 4.90 Å². The maximum Gasteiger partial charge on any atom is 0.254 e. The number of amides is 1. The van der Waals surface area contributed by atoms with Gasteiger partial charge in [-0.1, -0.05) is 18.8 Å². The van der Waals surface area contributed by atoms with Crippen LogP contribution >= 0.6 is 0 Å². The lowest BCUT2D eigenvalue weighted by molar-refractivity contribution is 0.0794. The van der Waals surface area contributed by atoms with Gasteiger partial charge in [0.25, 0.3) is 5.91 Å². The second-order valence-electron chi connectivity index (χ2n) is 3.92. The Morgan fingerprint density at radius 1 is 1.50 bits per heavy atom. The Bertz CT molecular complexity index is 488. The summed E-state index contributed by atoms with van der Waals surface area (Å²) in [5.41, 5.74) is 6.09. The number of hydrogen-bond acceptors (Lipinski definition) is 2. The predicted molar refractivity (Wildman–Crippen MR) is 69.6 cm³/mol.